The molecule has 0 radical (unpaired) electrons. The lowest BCUT2D eigenvalue weighted by molar-refractivity contribution is -0.142. The Kier molecular flexibility index (Phi) is 3.62. The number of hydrogen-bond acceptors (Lipinski definition) is 3. The van der Waals surface area contributed by atoms with E-state index in [0.717, 1.165) is 25.7 Å². The maximum absolute atomic E-state index is 12.7. The first-order chi connectivity index (χ1) is 11.1. The molecule has 1 saturated heterocycles. The van der Waals surface area contributed by atoms with Crippen LogP contribution in [0.5, 0.6) is 0 Å². The summed E-state index contributed by atoms with van der Waals surface area (Å²) in [5.74, 6) is -0.688. The van der Waals surface area contributed by atoms with Crippen molar-refractivity contribution in [3.05, 3.63) is 18.0 Å². The van der Waals surface area contributed by atoms with Gasteiger partial charge in [-0.25, -0.2) is 0 Å². The molecule has 0 spiro atoms. The van der Waals surface area contributed by atoms with E-state index >= 15 is 0 Å². The molecule has 6 nitrogen and oxygen atoms in total. The predicted octanol–water partition coefficient (Wildman–Crippen LogP) is 2.18. The van der Waals surface area contributed by atoms with Crippen molar-refractivity contribution in [1.82, 2.24) is 14.7 Å². The van der Waals surface area contributed by atoms with Crippen LogP contribution in [0.1, 0.15) is 55.1 Å². The van der Waals surface area contributed by atoms with E-state index < -0.39 is 11.9 Å². The van der Waals surface area contributed by atoms with Crippen LogP contribution in [0.4, 0.5) is 0 Å². The Morgan fingerprint density at radius 2 is 1.87 bits per heavy atom. The number of hydrogen-bond donors (Lipinski definition) is 1. The van der Waals surface area contributed by atoms with Crippen LogP contribution in [-0.4, -0.2) is 44.8 Å². The summed E-state index contributed by atoms with van der Waals surface area (Å²) in [4.78, 5) is 25.9. The molecule has 124 valence electrons. The van der Waals surface area contributed by atoms with Crippen LogP contribution >= 0.6 is 0 Å². The molecule has 2 saturated carbocycles. The molecular weight excluding hydrogens is 294 g/mol. The third kappa shape index (κ3) is 2.75. The van der Waals surface area contributed by atoms with Crippen LogP contribution in [0, 0.1) is 17.8 Å². The quantitative estimate of drug-likeness (QED) is 0.923. The van der Waals surface area contributed by atoms with E-state index in [1.54, 1.807) is 11.0 Å². The highest BCUT2D eigenvalue weighted by atomic mass is 16.4. The molecule has 1 aliphatic heterocycles. The Hall–Kier alpha value is -1.85. The molecular formula is C17H23N3O3. The molecule has 1 N–H and O–H groups in total. The third-order valence-electron chi connectivity index (χ3n) is 5.72. The molecule has 2 atom stereocenters. The number of carbonyl (C=O) groups excluding carboxylic acids is 1. The summed E-state index contributed by atoms with van der Waals surface area (Å²) in [7, 11) is 0. The van der Waals surface area contributed by atoms with Crippen LogP contribution in [0.2, 0.25) is 0 Å². The minimum Gasteiger partial charge on any atom is -0.481 e. The van der Waals surface area contributed by atoms with Crippen molar-refractivity contribution in [3.8, 4) is 0 Å². The van der Waals surface area contributed by atoms with Gasteiger partial charge in [0, 0.05) is 19.3 Å². The van der Waals surface area contributed by atoms with Crippen molar-refractivity contribution in [3.63, 3.8) is 0 Å². The number of nitrogens with zero attached hydrogens (tertiary/aromatic N) is 3. The molecule has 0 aromatic carbocycles. The van der Waals surface area contributed by atoms with Crippen LogP contribution in [0.25, 0.3) is 0 Å². The van der Waals surface area contributed by atoms with Crippen LogP contribution in [0.3, 0.4) is 0 Å². The molecule has 6 heteroatoms. The van der Waals surface area contributed by atoms with Crippen LogP contribution in [-0.2, 0) is 4.79 Å². The molecule has 4 rings (SSSR count). The van der Waals surface area contributed by atoms with Crippen molar-refractivity contribution >= 4 is 11.9 Å². The van der Waals surface area contributed by atoms with E-state index in [0.29, 0.717) is 30.7 Å². The maximum atomic E-state index is 12.7. The summed E-state index contributed by atoms with van der Waals surface area (Å²) < 4.78 is 1.92. The van der Waals surface area contributed by atoms with Gasteiger partial charge in [-0.2, -0.15) is 5.10 Å². The lowest BCUT2D eigenvalue weighted by Gasteiger charge is -2.15. The zero-order valence-corrected chi connectivity index (χ0v) is 13.2. The Morgan fingerprint density at radius 3 is 2.52 bits per heavy atom. The van der Waals surface area contributed by atoms with E-state index in [9.17, 15) is 14.7 Å². The normalized spacial score (nSPS) is 28.4. The second kappa shape index (κ2) is 5.65. The average molecular weight is 317 g/mol. The van der Waals surface area contributed by atoms with Gasteiger partial charge >= 0.3 is 5.97 Å². The number of amides is 1. The van der Waals surface area contributed by atoms with Gasteiger partial charge in [-0.3, -0.25) is 14.3 Å². The van der Waals surface area contributed by atoms with Gasteiger partial charge in [0.1, 0.15) is 5.69 Å². The highest BCUT2D eigenvalue weighted by Crippen LogP contribution is 2.44. The Balaban J connectivity index is 1.47. The van der Waals surface area contributed by atoms with Crippen molar-refractivity contribution in [2.75, 3.05) is 13.1 Å². The summed E-state index contributed by atoms with van der Waals surface area (Å²) in [6.45, 7) is 0.891. The number of carbonyl (C=O) groups is 2. The fraction of sp³-hybridized carbons (Fsp3) is 0.706. The highest BCUT2D eigenvalue weighted by Gasteiger charge is 2.47. The monoisotopic (exact) mass is 317 g/mol. The number of likely N-dealkylation sites (tertiary alicyclic amines) is 1. The van der Waals surface area contributed by atoms with Crippen molar-refractivity contribution in [2.45, 2.75) is 44.6 Å². The van der Waals surface area contributed by atoms with Gasteiger partial charge in [-0.15, -0.1) is 0 Å². The van der Waals surface area contributed by atoms with Gasteiger partial charge in [0.15, 0.2) is 0 Å². The first kappa shape index (κ1) is 14.7. The predicted molar refractivity (Wildman–Crippen MR) is 83.0 cm³/mol. The zero-order chi connectivity index (χ0) is 16.0. The van der Waals surface area contributed by atoms with Gasteiger partial charge < -0.3 is 10.0 Å². The molecule has 0 bridgehead atoms. The number of aliphatic carboxylic acids is 1. The Morgan fingerprint density at radius 1 is 1.13 bits per heavy atom. The first-order valence-corrected chi connectivity index (χ1v) is 8.70. The number of aromatic nitrogens is 2. The first-order valence-electron chi connectivity index (χ1n) is 8.70. The summed E-state index contributed by atoms with van der Waals surface area (Å²) in [5.41, 5.74) is 0.456. The Bertz CT molecular complexity index is 616. The molecule has 3 fully saturated rings. The lowest BCUT2D eigenvalue weighted by atomic mass is 9.92. The minimum absolute atomic E-state index is 0.115. The summed E-state index contributed by atoms with van der Waals surface area (Å²) >= 11 is 0. The van der Waals surface area contributed by atoms with Gasteiger partial charge in [0.2, 0.25) is 0 Å². The van der Waals surface area contributed by atoms with E-state index in [-0.39, 0.29) is 11.8 Å². The number of rotatable bonds is 4. The van der Waals surface area contributed by atoms with Gasteiger partial charge in [-0.1, -0.05) is 12.8 Å². The fourth-order valence-electron chi connectivity index (χ4n) is 4.24. The third-order valence-corrected chi connectivity index (χ3v) is 5.72. The topological polar surface area (TPSA) is 75.4 Å². The largest absolute Gasteiger partial charge is 0.481 e. The molecule has 3 aliphatic rings. The van der Waals surface area contributed by atoms with Crippen LogP contribution < -0.4 is 0 Å². The van der Waals surface area contributed by atoms with E-state index in [2.05, 4.69) is 5.10 Å². The molecule has 1 aromatic rings. The second-order valence-electron chi connectivity index (χ2n) is 7.28. The number of carboxylic acids is 1. The maximum Gasteiger partial charge on any atom is 0.308 e. The van der Waals surface area contributed by atoms with Crippen molar-refractivity contribution in [1.29, 1.82) is 0 Å². The van der Waals surface area contributed by atoms with Crippen molar-refractivity contribution < 1.29 is 14.7 Å². The smallest absolute Gasteiger partial charge is 0.308 e. The molecule has 2 heterocycles. The molecule has 1 aromatic heterocycles. The van der Waals surface area contributed by atoms with Gasteiger partial charge in [0.25, 0.3) is 5.91 Å². The van der Waals surface area contributed by atoms with Gasteiger partial charge in [0.05, 0.1) is 12.0 Å². The lowest BCUT2D eigenvalue weighted by Crippen LogP contribution is -2.30. The molecule has 2 aliphatic carbocycles. The van der Waals surface area contributed by atoms with Crippen molar-refractivity contribution in [2.24, 2.45) is 17.8 Å². The average Bonchev–Trinajstić information content (AvgIpc) is 3.03. The molecule has 0 unspecified atom stereocenters. The second-order valence-corrected chi connectivity index (χ2v) is 7.28. The van der Waals surface area contributed by atoms with Crippen LogP contribution in [0.15, 0.2) is 12.3 Å². The molecule has 1 amide bonds. The number of carboxylic acid groups (broad SMARTS) is 1. The van der Waals surface area contributed by atoms with Gasteiger partial charge in [-0.05, 0) is 43.6 Å². The zero-order valence-electron chi connectivity index (χ0n) is 13.2. The van der Waals surface area contributed by atoms with E-state index in [1.165, 1.54) is 12.8 Å². The molecule has 23 heavy (non-hydrogen) atoms. The fourth-order valence-corrected chi connectivity index (χ4v) is 4.24. The Labute approximate surface area is 135 Å². The SMILES string of the molecule is O=C(O)[C@H]1CN(C(=O)c2ccn(C3CCCC3)n2)C[C@@H]1C1CC1. The standard InChI is InChI=1S/C17H23N3O3/c21-16(15-7-8-20(18-15)12-3-1-2-4-12)19-9-13(11-5-6-11)14(10-19)17(22)23/h7-8,11-14H,1-6,9-10H2,(H,22,23)/t13-,14+/m1/s1. The highest BCUT2D eigenvalue weighted by molar-refractivity contribution is 5.93. The van der Waals surface area contributed by atoms with E-state index in [1.807, 2.05) is 10.9 Å². The minimum atomic E-state index is -0.770. The van der Waals surface area contributed by atoms with E-state index in [4.69, 9.17) is 0 Å². The summed E-state index contributed by atoms with van der Waals surface area (Å²) in [5, 5.41) is 13.9. The summed E-state index contributed by atoms with van der Waals surface area (Å²) in [6.07, 6.45) is 8.81. The summed E-state index contributed by atoms with van der Waals surface area (Å²) in [6, 6.07) is 2.20.